The minimum Gasteiger partial charge on any atom is -0.347 e. The molecular weight excluding hydrogens is 262 g/mol. The van der Waals surface area contributed by atoms with Gasteiger partial charge in [0.05, 0.1) is 6.54 Å². The molecule has 8 nitrogen and oxygen atoms in total. The summed E-state index contributed by atoms with van der Waals surface area (Å²) in [6, 6.07) is -0.583. The average molecular weight is 283 g/mol. The van der Waals surface area contributed by atoms with Gasteiger partial charge in [-0.2, -0.15) is 0 Å². The summed E-state index contributed by atoms with van der Waals surface area (Å²) >= 11 is 0. The van der Waals surface area contributed by atoms with Crippen molar-refractivity contribution < 1.29 is 14.4 Å². The number of hydrogen-bond donors (Lipinski definition) is 2. The maximum atomic E-state index is 12.1. The molecule has 2 fully saturated rings. The molecule has 2 rings (SSSR count). The molecule has 4 amide bonds. The number of hydrogen-bond acceptors (Lipinski definition) is 5. The lowest BCUT2D eigenvalue weighted by Gasteiger charge is -2.36. The fourth-order valence-electron chi connectivity index (χ4n) is 2.47. The van der Waals surface area contributed by atoms with Crippen LogP contribution in [0.1, 0.15) is 0 Å². The number of nitrogens with one attached hydrogen (secondary N) is 2. The van der Waals surface area contributed by atoms with Gasteiger partial charge in [-0.15, -0.1) is 0 Å². The Bertz CT molecular complexity index is 396. The summed E-state index contributed by atoms with van der Waals surface area (Å²) in [6.07, 6.45) is 0. The Balaban J connectivity index is 1.93. The lowest BCUT2D eigenvalue weighted by Crippen LogP contribution is -2.58. The van der Waals surface area contributed by atoms with Crippen molar-refractivity contribution in [2.45, 2.75) is 6.04 Å². The van der Waals surface area contributed by atoms with Crippen LogP contribution in [0.3, 0.4) is 0 Å². The van der Waals surface area contributed by atoms with Gasteiger partial charge in [0.15, 0.2) is 0 Å². The fourth-order valence-corrected chi connectivity index (χ4v) is 2.47. The second kappa shape index (κ2) is 6.19. The van der Waals surface area contributed by atoms with Crippen LogP contribution in [0.4, 0.5) is 4.79 Å². The molecule has 0 aromatic rings. The quantitative estimate of drug-likeness (QED) is 0.577. The van der Waals surface area contributed by atoms with E-state index in [1.54, 1.807) is 19.0 Å². The third-order valence-corrected chi connectivity index (χ3v) is 3.63. The van der Waals surface area contributed by atoms with E-state index in [1.807, 2.05) is 4.90 Å². The maximum absolute atomic E-state index is 12.1. The number of piperazine rings is 1. The first-order chi connectivity index (χ1) is 9.50. The predicted octanol–water partition coefficient (Wildman–Crippen LogP) is -2.10. The summed E-state index contributed by atoms with van der Waals surface area (Å²) in [5, 5.41) is 5.69. The van der Waals surface area contributed by atoms with Gasteiger partial charge in [-0.3, -0.25) is 19.4 Å². The minimum absolute atomic E-state index is 0.0365. The molecule has 8 heteroatoms. The van der Waals surface area contributed by atoms with Crippen LogP contribution in [0.15, 0.2) is 0 Å². The lowest BCUT2D eigenvalue weighted by atomic mass is 10.1. The Hall–Kier alpha value is -1.67. The molecule has 2 heterocycles. The van der Waals surface area contributed by atoms with Gasteiger partial charge in [0.25, 0.3) is 0 Å². The van der Waals surface area contributed by atoms with Crippen LogP contribution in [0.25, 0.3) is 0 Å². The van der Waals surface area contributed by atoms with Crippen molar-refractivity contribution >= 4 is 17.8 Å². The van der Waals surface area contributed by atoms with Crippen LogP contribution in [0.5, 0.6) is 0 Å². The summed E-state index contributed by atoms with van der Waals surface area (Å²) in [5.74, 6) is -0.171. The monoisotopic (exact) mass is 283 g/mol. The molecule has 112 valence electrons. The summed E-state index contributed by atoms with van der Waals surface area (Å²) in [6.45, 7) is 3.04. The maximum Gasteiger partial charge on any atom is 0.324 e. The van der Waals surface area contributed by atoms with Gasteiger partial charge < -0.3 is 15.5 Å². The van der Waals surface area contributed by atoms with Gasteiger partial charge in [-0.1, -0.05) is 0 Å². The number of imide groups is 1. The van der Waals surface area contributed by atoms with E-state index < -0.39 is 0 Å². The molecule has 2 saturated heterocycles. The molecule has 20 heavy (non-hydrogen) atoms. The third-order valence-electron chi connectivity index (χ3n) is 3.63. The molecule has 0 radical (unpaired) electrons. The van der Waals surface area contributed by atoms with E-state index in [2.05, 4.69) is 10.6 Å². The van der Waals surface area contributed by atoms with Crippen molar-refractivity contribution in [1.29, 1.82) is 0 Å². The van der Waals surface area contributed by atoms with E-state index in [-0.39, 0.29) is 30.4 Å². The second-order valence-electron chi connectivity index (χ2n) is 5.19. The van der Waals surface area contributed by atoms with E-state index in [4.69, 9.17) is 0 Å². The summed E-state index contributed by atoms with van der Waals surface area (Å²) in [4.78, 5) is 39.9. The highest BCUT2D eigenvalue weighted by molar-refractivity contribution is 6.01. The van der Waals surface area contributed by atoms with Crippen molar-refractivity contribution in [3.63, 3.8) is 0 Å². The van der Waals surface area contributed by atoms with Gasteiger partial charge in [0.2, 0.25) is 11.8 Å². The van der Waals surface area contributed by atoms with Gasteiger partial charge in [-0.25, -0.2) is 4.79 Å². The first-order valence-electron chi connectivity index (χ1n) is 6.75. The molecule has 0 aromatic carbocycles. The topological polar surface area (TPSA) is 85.0 Å². The smallest absolute Gasteiger partial charge is 0.324 e. The average Bonchev–Trinajstić information content (AvgIpc) is 2.75. The summed E-state index contributed by atoms with van der Waals surface area (Å²) < 4.78 is 0. The van der Waals surface area contributed by atoms with Crippen LogP contribution in [0.2, 0.25) is 0 Å². The van der Waals surface area contributed by atoms with Crippen molar-refractivity contribution in [3.05, 3.63) is 0 Å². The van der Waals surface area contributed by atoms with Crippen LogP contribution in [-0.2, 0) is 9.59 Å². The number of amides is 4. The summed E-state index contributed by atoms with van der Waals surface area (Å²) in [7, 11) is 3.46. The number of rotatable bonds is 4. The van der Waals surface area contributed by atoms with Crippen molar-refractivity contribution in [1.82, 2.24) is 25.3 Å². The minimum atomic E-state index is -0.347. The molecule has 0 spiro atoms. The largest absolute Gasteiger partial charge is 0.347 e. The van der Waals surface area contributed by atoms with Crippen molar-refractivity contribution in [2.24, 2.45) is 0 Å². The molecule has 2 aliphatic rings. The van der Waals surface area contributed by atoms with Crippen LogP contribution < -0.4 is 10.6 Å². The predicted molar refractivity (Wildman–Crippen MR) is 72.0 cm³/mol. The molecule has 0 aromatic heterocycles. The van der Waals surface area contributed by atoms with Crippen LogP contribution >= 0.6 is 0 Å². The highest BCUT2D eigenvalue weighted by atomic mass is 16.2. The third kappa shape index (κ3) is 3.07. The van der Waals surface area contributed by atoms with E-state index in [9.17, 15) is 14.4 Å². The first kappa shape index (κ1) is 14.7. The number of carbonyl (C=O) groups excluding carboxylic acids is 3. The lowest BCUT2D eigenvalue weighted by molar-refractivity contribution is -0.135. The van der Waals surface area contributed by atoms with E-state index in [0.29, 0.717) is 19.6 Å². The summed E-state index contributed by atoms with van der Waals surface area (Å²) in [5.41, 5.74) is 0. The SMILES string of the molecule is CN(C)C(=O)C1CNCCN1CCN1C(=O)CNC1=O. The van der Waals surface area contributed by atoms with E-state index in [0.717, 1.165) is 13.1 Å². The van der Waals surface area contributed by atoms with Crippen molar-refractivity contribution in [3.8, 4) is 0 Å². The fraction of sp³-hybridized carbons (Fsp3) is 0.750. The standard InChI is InChI=1S/C12H21N5O3/c1-15(2)11(19)9-7-13-3-4-16(9)5-6-17-10(18)8-14-12(17)20/h9,13H,3-8H2,1-2H3,(H,14,20). The number of likely N-dealkylation sites (N-methyl/N-ethyl adjacent to an activating group) is 1. The highest BCUT2D eigenvalue weighted by Crippen LogP contribution is 2.07. The van der Waals surface area contributed by atoms with Gasteiger partial charge in [0.1, 0.15) is 6.04 Å². The second-order valence-corrected chi connectivity index (χ2v) is 5.19. The molecule has 2 N–H and O–H groups in total. The first-order valence-corrected chi connectivity index (χ1v) is 6.75. The van der Waals surface area contributed by atoms with Crippen LogP contribution in [0, 0.1) is 0 Å². The number of nitrogens with zero attached hydrogens (tertiary/aromatic N) is 3. The number of urea groups is 1. The Morgan fingerprint density at radius 2 is 2.10 bits per heavy atom. The Morgan fingerprint density at radius 3 is 2.70 bits per heavy atom. The van der Waals surface area contributed by atoms with Crippen LogP contribution in [-0.4, -0.2) is 92.0 Å². The van der Waals surface area contributed by atoms with Gasteiger partial charge in [0, 0.05) is 46.8 Å². The van der Waals surface area contributed by atoms with E-state index >= 15 is 0 Å². The number of carbonyl (C=O) groups is 3. The Kier molecular flexibility index (Phi) is 4.56. The van der Waals surface area contributed by atoms with E-state index in [1.165, 1.54) is 4.90 Å². The molecule has 1 unspecified atom stereocenters. The Labute approximate surface area is 118 Å². The van der Waals surface area contributed by atoms with Gasteiger partial charge >= 0.3 is 6.03 Å². The Morgan fingerprint density at radius 1 is 1.35 bits per heavy atom. The molecule has 0 bridgehead atoms. The highest BCUT2D eigenvalue weighted by Gasteiger charge is 2.32. The zero-order valence-corrected chi connectivity index (χ0v) is 11.9. The molecule has 1 atom stereocenters. The van der Waals surface area contributed by atoms with Gasteiger partial charge in [-0.05, 0) is 0 Å². The molecule has 0 aliphatic carbocycles. The zero-order valence-electron chi connectivity index (χ0n) is 11.9. The van der Waals surface area contributed by atoms with Crippen molar-refractivity contribution in [2.75, 3.05) is 53.4 Å². The molecule has 2 aliphatic heterocycles. The molecular formula is C12H21N5O3. The normalized spacial score (nSPS) is 23.9. The molecule has 0 saturated carbocycles. The zero-order chi connectivity index (χ0) is 14.7.